The van der Waals surface area contributed by atoms with Gasteiger partial charge >= 0.3 is 0 Å². The summed E-state index contributed by atoms with van der Waals surface area (Å²) in [6.07, 6.45) is 3.52. The molecule has 4 aromatic rings. The Morgan fingerprint density at radius 1 is 1.03 bits per heavy atom. The van der Waals surface area contributed by atoms with Crippen molar-refractivity contribution < 1.29 is 4.79 Å². The number of nitrogens with one attached hydrogen (secondary N) is 1. The van der Waals surface area contributed by atoms with Gasteiger partial charge in [0.1, 0.15) is 5.69 Å². The Morgan fingerprint density at radius 2 is 1.80 bits per heavy atom. The van der Waals surface area contributed by atoms with Gasteiger partial charge in [-0.2, -0.15) is 10.2 Å². The molecule has 148 valence electrons. The van der Waals surface area contributed by atoms with Crippen LogP contribution in [0.2, 0.25) is 0 Å². The fourth-order valence-electron chi connectivity index (χ4n) is 2.99. The zero-order chi connectivity index (χ0) is 20.9. The van der Waals surface area contributed by atoms with Crippen molar-refractivity contribution in [3.8, 4) is 16.9 Å². The van der Waals surface area contributed by atoms with E-state index < -0.39 is 0 Å². The average molecular weight is 459 g/mol. The maximum absolute atomic E-state index is 12.3. The largest absolute Gasteiger partial charge is 0.271 e. The number of halogens is 1. The molecule has 0 spiro atoms. The molecule has 0 bridgehead atoms. The number of hydrogen-bond acceptors (Lipinski definition) is 3. The molecule has 3 aromatic carbocycles. The molecule has 1 amide bonds. The lowest BCUT2D eigenvalue weighted by Gasteiger charge is -2.01. The molecule has 0 fully saturated rings. The first kappa shape index (κ1) is 19.8. The first-order valence-corrected chi connectivity index (χ1v) is 10.2. The summed E-state index contributed by atoms with van der Waals surface area (Å²) >= 11 is 3.37. The highest BCUT2D eigenvalue weighted by molar-refractivity contribution is 9.10. The molecule has 0 atom stereocenters. The second-order valence-corrected chi connectivity index (χ2v) is 7.70. The van der Waals surface area contributed by atoms with Crippen molar-refractivity contribution >= 4 is 28.1 Å². The summed E-state index contributed by atoms with van der Waals surface area (Å²) in [5.41, 5.74) is 7.81. The standard InChI is InChI=1S/C24H19BrN4O/c1-17-10-12-18(13-11-17)23-20(16-29(28-23)22-8-3-2-4-9-22)15-26-27-24(30)19-6-5-7-21(25)14-19/h2-16H,1H3,(H,27,30)/b26-15-. The number of para-hydroxylation sites is 1. The summed E-state index contributed by atoms with van der Waals surface area (Å²) in [6, 6.07) is 25.2. The van der Waals surface area contributed by atoms with Crippen LogP contribution in [-0.4, -0.2) is 21.9 Å². The third kappa shape index (κ3) is 4.55. The van der Waals surface area contributed by atoms with Crippen molar-refractivity contribution in [2.24, 2.45) is 5.10 Å². The summed E-state index contributed by atoms with van der Waals surface area (Å²) < 4.78 is 2.65. The van der Waals surface area contributed by atoms with Crippen LogP contribution in [-0.2, 0) is 0 Å². The van der Waals surface area contributed by atoms with Gasteiger partial charge in [-0.15, -0.1) is 0 Å². The van der Waals surface area contributed by atoms with Crippen LogP contribution in [0.1, 0.15) is 21.5 Å². The van der Waals surface area contributed by atoms with E-state index in [-0.39, 0.29) is 5.91 Å². The van der Waals surface area contributed by atoms with Gasteiger partial charge in [-0.25, -0.2) is 10.1 Å². The van der Waals surface area contributed by atoms with Gasteiger partial charge in [0.25, 0.3) is 5.91 Å². The van der Waals surface area contributed by atoms with Crippen molar-refractivity contribution in [2.75, 3.05) is 0 Å². The maximum Gasteiger partial charge on any atom is 0.271 e. The first-order chi connectivity index (χ1) is 14.6. The molecule has 30 heavy (non-hydrogen) atoms. The van der Waals surface area contributed by atoms with Crippen LogP contribution in [0.15, 0.2) is 94.6 Å². The normalized spacial score (nSPS) is 11.0. The van der Waals surface area contributed by atoms with Crippen molar-refractivity contribution in [1.29, 1.82) is 0 Å². The van der Waals surface area contributed by atoms with E-state index >= 15 is 0 Å². The molecular weight excluding hydrogens is 440 g/mol. The first-order valence-electron chi connectivity index (χ1n) is 9.41. The predicted molar refractivity (Wildman–Crippen MR) is 123 cm³/mol. The van der Waals surface area contributed by atoms with Crippen LogP contribution in [0, 0.1) is 6.92 Å². The topological polar surface area (TPSA) is 59.3 Å². The minimum absolute atomic E-state index is 0.278. The number of carbonyl (C=O) groups is 1. The number of aryl methyl sites for hydroxylation is 1. The number of carbonyl (C=O) groups excluding carboxylic acids is 1. The Bertz CT molecular complexity index is 1200. The van der Waals surface area contributed by atoms with Crippen LogP contribution in [0.4, 0.5) is 0 Å². The van der Waals surface area contributed by atoms with E-state index in [9.17, 15) is 4.79 Å². The maximum atomic E-state index is 12.3. The van der Waals surface area contributed by atoms with E-state index in [0.29, 0.717) is 5.56 Å². The summed E-state index contributed by atoms with van der Waals surface area (Å²) in [5, 5.41) is 8.92. The highest BCUT2D eigenvalue weighted by Gasteiger charge is 2.11. The van der Waals surface area contributed by atoms with Gasteiger partial charge in [-0.05, 0) is 37.3 Å². The van der Waals surface area contributed by atoms with E-state index in [2.05, 4.69) is 26.5 Å². The molecule has 1 aromatic heterocycles. The molecule has 4 rings (SSSR count). The number of nitrogens with zero attached hydrogens (tertiary/aromatic N) is 3. The molecular formula is C24H19BrN4O. The molecule has 6 heteroatoms. The van der Waals surface area contributed by atoms with Gasteiger partial charge < -0.3 is 0 Å². The highest BCUT2D eigenvalue weighted by Crippen LogP contribution is 2.23. The molecule has 0 aliphatic rings. The van der Waals surface area contributed by atoms with Gasteiger partial charge in [-0.3, -0.25) is 4.79 Å². The fourth-order valence-corrected chi connectivity index (χ4v) is 3.38. The van der Waals surface area contributed by atoms with Gasteiger partial charge in [0.15, 0.2) is 0 Å². The molecule has 0 saturated heterocycles. The summed E-state index contributed by atoms with van der Waals surface area (Å²) in [7, 11) is 0. The predicted octanol–water partition coefficient (Wildman–Crippen LogP) is 5.37. The lowest BCUT2D eigenvalue weighted by molar-refractivity contribution is 0.0955. The highest BCUT2D eigenvalue weighted by atomic mass is 79.9. The lowest BCUT2D eigenvalue weighted by atomic mass is 10.1. The number of rotatable bonds is 5. The molecule has 0 unspecified atom stereocenters. The minimum atomic E-state index is -0.278. The van der Waals surface area contributed by atoms with E-state index in [1.165, 1.54) is 5.56 Å². The zero-order valence-electron chi connectivity index (χ0n) is 16.3. The number of hydrogen-bond donors (Lipinski definition) is 1. The second-order valence-electron chi connectivity index (χ2n) is 6.79. The molecule has 5 nitrogen and oxygen atoms in total. The van der Waals surface area contributed by atoms with Crippen LogP contribution >= 0.6 is 15.9 Å². The number of benzene rings is 3. The van der Waals surface area contributed by atoms with Crippen molar-refractivity contribution in [3.05, 3.63) is 106 Å². The fraction of sp³-hybridized carbons (Fsp3) is 0.0417. The third-order valence-electron chi connectivity index (χ3n) is 4.54. The van der Waals surface area contributed by atoms with Gasteiger partial charge in [0, 0.05) is 27.4 Å². The van der Waals surface area contributed by atoms with Gasteiger partial charge in [0.2, 0.25) is 0 Å². The SMILES string of the molecule is Cc1ccc(-c2nn(-c3ccccc3)cc2/C=N\NC(=O)c2cccc(Br)c2)cc1. The van der Waals surface area contributed by atoms with E-state index in [1.54, 1.807) is 18.3 Å². The molecule has 0 saturated carbocycles. The summed E-state index contributed by atoms with van der Waals surface area (Å²) in [5.74, 6) is -0.278. The molecule has 0 aliphatic carbocycles. The molecule has 0 aliphatic heterocycles. The van der Waals surface area contributed by atoms with E-state index in [1.807, 2.05) is 84.5 Å². The van der Waals surface area contributed by atoms with Crippen LogP contribution in [0.5, 0.6) is 0 Å². The summed E-state index contributed by atoms with van der Waals surface area (Å²) in [6.45, 7) is 2.05. The Hall–Kier alpha value is -3.51. The Labute approximate surface area is 183 Å². The molecule has 1 heterocycles. The van der Waals surface area contributed by atoms with Crippen molar-refractivity contribution in [2.45, 2.75) is 6.92 Å². The monoisotopic (exact) mass is 458 g/mol. The van der Waals surface area contributed by atoms with Crippen molar-refractivity contribution in [1.82, 2.24) is 15.2 Å². The average Bonchev–Trinajstić information content (AvgIpc) is 3.19. The zero-order valence-corrected chi connectivity index (χ0v) is 17.9. The van der Waals surface area contributed by atoms with Crippen molar-refractivity contribution in [3.63, 3.8) is 0 Å². The van der Waals surface area contributed by atoms with E-state index in [0.717, 1.165) is 27.0 Å². The quantitative estimate of drug-likeness (QED) is 0.322. The second kappa shape index (κ2) is 8.88. The molecule has 1 N–H and O–H groups in total. The van der Waals surface area contributed by atoms with Crippen LogP contribution in [0.3, 0.4) is 0 Å². The van der Waals surface area contributed by atoms with Crippen LogP contribution < -0.4 is 5.43 Å². The number of aromatic nitrogens is 2. The molecule has 0 radical (unpaired) electrons. The Balaban J connectivity index is 1.64. The van der Waals surface area contributed by atoms with Crippen LogP contribution in [0.25, 0.3) is 16.9 Å². The lowest BCUT2D eigenvalue weighted by Crippen LogP contribution is -2.17. The number of amides is 1. The Kier molecular flexibility index (Phi) is 5.86. The summed E-state index contributed by atoms with van der Waals surface area (Å²) in [4.78, 5) is 12.3. The smallest absolute Gasteiger partial charge is 0.267 e. The van der Waals surface area contributed by atoms with Gasteiger partial charge in [-0.1, -0.05) is 70.0 Å². The Morgan fingerprint density at radius 3 is 2.53 bits per heavy atom. The van der Waals surface area contributed by atoms with E-state index in [4.69, 9.17) is 5.10 Å². The minimum Gasteiger partial charge on any atom is -0.267 e. The third-order valence-corrected chi connectivity index (χ3v) is 5.04. The number of hydrazone groups is 1. The van der Waals surface area contributed by atoms with Gasteiger partial charge in [0.05, 0.1) is 11.9 Å².